The van der Waals surface area contributed by atoms with Crippen LogP contribution < -0.4 is 11.1 Å². The van der Waals surface area contributed by atoms with Crippen LogP contribution in [0.4, 0.5) is 13.2 Å². The molecule has 1 aromatic rings. The second kappa shape index (κ2) is 10.2. The number of amides is 1. The Bertz CT molecular complexity index is 404. The van der Waals surface area contributed by atoms with E-state index in [0.717, 1.165) is 6.42 Å². The van der Waals surface area contributed by atoms with Gasteiger partial charge in [-0.1, -0.05) is 37.3 Å². The summed E-state index contributed by atoms with van der Waals surface area (Å²) in [6.45, 7) is 2.62. The van der Waals surface area contributed by atoms with E-state index in [2.05, 4.69) is 42.2 Å². The van der Waals surface area contributed by atoms with E-state index in [9.17, 15) is 13.2 Å². The molecule has 2 rings (SSSR count). The van der Waals surface area contributed by atoms with E-state index in [1.54, 1.807) is 7.05 Å². The lowest BCUT2D eigenvalue weighted by Crippen LogP contribution is -2.27. The van der Waals surface area contributed by atoms with Gasteiger partial charge in [-0.3, -0.25) is 4.79 Å². The number of nitrogens with two attached hydrogens (primary N) is 1. The molecule has 3 N–H and O–H groups in total. The summed E-state index contributed by atoms with van der Waals surface area (Å²) in [5.74, 6) is 0. The maximum Gasteiger partial charge on any atom is 0.394 e. The highest BCUT2D eigenvalue weighted by molar-refractivity contribution is 5.42. The second-order valence-corrected chi connectivity index (χ2v) is 5.11. The van der Waals surface area contributed by atoms with Gasteiger partial charge in [0.05, 0.1) is 5.41 Å². The molecule has 126 valence electrons. The Balaban J connectivity index is 0.000000352. The summed E-state index contributed by atoms with van der Waals surface area (Å²) in [6.07, 6.45) is -1.73. The first-order valence-electron chi connectivity index (χ1n) is 7.27. The monoisotopic (exact) mass is 318 g/mol. The largest absolute Gasteiger partial charge is 0.394 e. The zero-order valence-corrected chi connectivity index (χ0v) is 13.1. The molecule has 1 aliphatic carbocycles. The number of primary amides is 1. The molecule has 0 aliphatic heterocycles. The second-order valence-electron chi connectivity index (χ2n) is 5.11. The summed E-state index contributed by atoms with van der Waals surface area (Å²) >= 11 is 0. The van der Waals surface area contributed by atoms with Gasteiger partial charge < -0.3 is 11.1 Å². The standard InChI is InChI=1S/C8H10.C7H12F3N.CH3NO/c1-2-8-6-4-3-5-7-8;1-11-5-4-6(2-3-6)7(8,9)10;2-1-3/h3-7H,2H2,1H3;11H,2-5H2,1H3;1H,(H2,2,3). The van der Waals surface area contributed by atoms with E-state index >= 15 is 0 Å². The molecular formula is C16H25F3N2O. The van der Waals surface area contributed by atoms with Crippen LogP contribution in [-0.2, 0) is 11.2 Å². The van der Waals surface area contributed by atoms with Crippen LogP contribution in [-0.4, -0.2) is 26.2 Å². The van der Waals surface area contributed by atoms with Crippen molar-refractivity contribution in [2.45, 2.75) is 38.8 Å². The normalized spacial score (nSPS) is 14.8. The summed E-state index contributed by atoms with van der Waals surface area (Å²) in [5.41, 5.74) is 4.25. The third kappa shape index (κ3) is 7.45. The first kappa shape index (κ1) is 20.4. The van der Waals surface area contributed by atoms with Crippen LogP contribution in [0.3, 0.4) is 0 Å². The van der Waals surface area contributed by atoms with Crippen LogP contribution in [0.1, 0.15) is 31.7 Å². The smallest absolute Gasteiger partial charge is 0.372 e. The fraction of sp³-hybridized carbons (Fsp3) is 0.562. The van der Waals surface area contributed by atoms with Gasteiger partial charge in [-0.2, -0.15) is 13.2 Å². The number of rotatable bonds is 4. The third-order valence-electron chi connectivity index (χ3n) is 3.56. The molecule has 0 atom stereocenters. The fourth-order valence-corrected chi connectivity index (χ4v) is 1.90. The Morgan fingerprint density at radius 2 is 1.77 bits per heavy atom. The molecule has 22 heavy (non-hydrogen) atoms. The Labute approximate surface area is 130 Å². The van der Waals surface area contributed by atoms with Crippen molar-refractivity contribution in [2.75, 3.05) is 13.6 Å². The van der Waals surface area contributed by atoms with E-state index in [1.807, 2.05) is 6.07 Å². The number of hydrogen-bond acceptors (Lipinski definition) is 2. The summed E-state index contributed by atoms with van der Waals surface area (Å²) in [7, 11) is 1.67. The zero-order chi connectivity index (χ0) is 17.1. The third-order valence-corrected chi connectivity index (χ3v) is 3.56. The Kier molecular flexibility index (Phi) is 9.49. The van der Waals surface area contributed by atoms with Crippen LogP contribution in [0.2, 0.25) is 0 Å². The Morgan fingerprint density at radius 3 is 2.05 bits per heavy atom. The molecule has 1 amide bonds. The van der Waals surface area contributed by atoms with Crippen molar-refractivity contribution < 1.29 is 18.0 Å². The van der Waals surface area contributed by atoms with Crippen molar-refractivity contribution in [2.24, 2.45) is 11.1 Å². The lowest BCUT2D eigenvalue weighted by Gasteiger charge is -2.18. The maximum atomic E-state index is 12.2. The summed E-state index contributed by atoms with van der Waals surface area (Å²) in [4.78, 5) is 8.58. The van der Waals surface area contributed by atoms with Gasteiger partial charge in [0.1, 0.15) is 0 Å². The average Bonchev–Trinajstić information content (AvgIpc) is 3.28. The fourth-order valence-electron chi connectivity index (χ4n) is 1.90. The SMILES string of the molecule is CCc1ccccc1.CNCCC1(C(F)(F)F)CC1.NC=O. The van der Waals surface area contributed by atoms with Gasteiger partial charge >= 0.3 is 6.18 Å². The van der Waals surface area contributed by atoms with E-state index in [-0.39, 0.29) is 12.8 Å². The van der Waals surface area contributed by atoms with Crippen LogP contribution in [0.15, 0.2) is 30.3 Å². The molecule has 0 saturated heterocycles. The van der Waals surface area contributed by atoms with Gasteiger partial charge in [0.2, 0.25) is 6.41 Å². The van der Waals surface area contributed by atoms with Crippen molar-refractivity contribution in [3.05, 3.63) is 35.9 Å². The molecule has 0 radical (unpaired) electrons. The van der Waals surface area contributed by atoms with Crippen LogP contribution >= 0.6 is 0 Å². The number of carbonyl (C=O) groups is 1. The van der Waals surface area contributed by atoms with Crippen LogP contribution in [0.25, 0.3) is 0 Å². The highest BCUT2D eigenvalue weighted by atomic mass is 19.4. The van der Waals surface area contributed by atoms with Crippen molar-refractivity contribution in [3.63, 3.8) is 0 Å². The minimum Gasteiger partial charge on any atom is -0.372 e. The Morgan fingerprint density at radius 1 is 1.27 bits per heavy atom. The van der Waals surface area contributed by atoms with E-state index in [1.165, 1.54) is 5.56 Å². The van der Waals surface area contributed by atoms with Gasteiger partial charge in [0, 0.05) is 0 Å². The first-order chi connectivity index (χ1) is 10.4. The van der Waals surface area contributed by atoms with Crippen molar-refractivity contribution in [1.29, 1.82) is 0 Å². The average molecular weight is 318 g/mol. The topological polar surface area (TPSA) is 55.1 Å². The predicted molar refractivity (Wildman–Crippen MR) is 82.3 cm³/mol. The number of benzene rings is 1. The minimum atomic E-state index is -3.98. The Hall–Kier alpha value is -1.56. The molecular weight excluding hydrogens is 293 g/mol. The van der Waals surface area contributed by atoms with E-state index < -0.39 is 11.6 Å². The van der Waals surface area contributed by atoms with Gasteiger partial charge in [0.25, 0.3) is 0 Å². The van der Waals surface area contributed by atoms with E-state index in [0.29, 0.717) is 19.4 Å². The predicted octanol–water partition coefficient (Wildman–Crippen LogP) is 3.29. The molecule has 1 fully saturated rings. The summed E-state index contributed by atoms with van der Waals surface area (Å²) < 4.78 is 36.6. The highest BCUT2D eigenvalue weighted by Gasteiger charge is 2.62. The number of halogens is 3. The molecule has 6 heteroatoms. The van der Waals surface area contributed by atoms with Crippen molar-refractivity contribution >= 4 is 6.41 Å². The zero-order valence-electron chi connectivity index (χ0n) is 13.1. The molecule has 0 heterocycles. The van der Waals surface area contributed by atoms with Crippen molar-refractivity contribution in [1.82, 2.24) is 5.32 Å². The molecule has 3 nitrogen and oxygen atoms in total. The number of alkyl halides is 3. The lowest BCUT2D eigenvalue weighted by molar-refractivity contribution is -0.188. The van der Waals surface area contributed by atoms with Gasteiger partial charge in [-0.25, -0.2) is 0 Å². The molecule has 0 aromatic heterocycles. The number of hydrogen-bond donors (Lipinski definition) is 2. The lowest BCUT2D eigenvalue weighted by atomic mass is 10.0. The quantitative estimate of drug-likeness (QED) is 0.837. The number of carbonyl (C=O) groups excluding carboxylic acids is 1. The number of nitrogens with one attached hydrogen (secondary N) is 1. The molecule has 1 saturated carbocycles. The van der Waals surface area contributed by atoms with Gasteiger partial charge in [0.15, 0.2) is 0 Å². The minimum absolute atomic E-state index is 0.229. The molecule has 0 bridgehead atoms. The van der Waals surface area contributed by atoms with E-state index in [4.69, 9.17) is 4.79 Å². The molecule has 1 aliphatic rings. The van der Waals surface area contributed by atoms with Gasteiger partial charge in [-0.15, -0.1) is 0 Å². The van der Waals surface area contributed by atoms with Crippen molar-refractivity contribution in [3.8, 4) is 0 Å². The number of aryl methyl sites for hydroxylation is 1. The highest BCUT2D eigenvalue weighted by Crippen LogP contribution is 2.59. The molecule has 1 aromatic carbocycles. The van der Waals surface area contributed by atoms with Gasteiger partial charge in [-0.05, 0) is 44.8 Å². The molecule has 0 unspecified atom stereocenters. The maximum absolute atomic E-state index is 12.2. The first-order valence-corrected chi connectivity index (χ1v) is 7.27. The summed E-state index contributed by atoms with van der Waals surface area (Å²) in [5, 5.41) is 2.74. The summed E-state index contributed by atoms with van der Waals surface area (Å²) in [6, 6.07) is 10.5. The van der Waals surface area contributed by atoms with Crippen LogP contribution in [0, 0.1) is 5.41 Å². The molecule has 0 spiro atoms. The van der Waals surface area contributed by atoms with Crippen LogP contribution in [0.5, 0.6) is 0 Å².